The molecule has 138 valence electrons. The topological polar surface area (TPSA) is 36.4 Å². The summed E-state index contributed by atoms with van der Waals surface area (Å²) in [5.74, 6) is 0. The second kappa shape index (κ2) is 11.2. The van der Waals surface area contributed by atoms with Crippen LogP contribution in [0.15, 0.2) is 23.3 Å². The molecule has 0 bridgehead atoms. The molecule has 0 radical (unpaired) electrons. The highest BCUT2D eigenvalue weighted by atomic mass is 32.1. The summed E-state index contributed by atoms with van der Waals surface area (Å²) in [7, 11) is 0. The van der Waals surface area contributed by atoms with Crippen molar-refractivity contribution in [2.24, 2.45) is 5.10 Å². The first-order valence-electron chi connectivity index (χ1n) is 9.85. The lowest BCUT2D eigenvalue weighted by molar-refractivity contribution is 0.555. The molecule has 0 saturated heterocycles. The maximum absolute atomic E-state index is 5.42. The Balaban J connectivity index is 1.86. The highest BCUT2D eigenvalue weighted by molar-refractivity contribution is 7.80. The molecule has 2 rings (SSSR count). The van der Waals surface area contributed by atoms with Gasteiger partial charge in [0, 0.05) is 11.4 Å². The fraction of sp³-hybridized carbons (Fsp3) is 0.619. The molecule has 0 aromatic heterocycles. The van der Waals surface area contributed by atoms with Gasteiger partial charge in [-0.2, -0.15) is 5.10 Å². The van der Waals surface area contributed by atoms with E-state index in [4.69, 9.17) is 12.2 Å². The summed E-state index contributed by atoms with van der Waals surface area (Å²) in [4.78, 5) is 0. The standard InChI is InChI=1S/C21H33N3S/c1-17-14-15-20(18(2)16-17)22-21(25)24-23-19-12-10-8-6-4-3-5-7-9-11-13-19/h14-16H,3-13H2,1-2H3,(H2,22,24,25). The van der Waals surface area contributed by atoms with Gasteiger partial charge < -0.3 is 5.32 Å². The van der Waals surface area contributed by atoms with Crippen molar-refractivity contribution < 1.29 is 0 Å². The number of aryl methyl sites for hydroxylation is 2. The maximum Gasteiger partial charge on any atom is 0.191 e. The molecule has 0 amide bonds. The van der Waals surface area contributed by atoms with Gasteiger partial charge in [0.15, 0.2) is 5.11 Å². The van der Waals surface area contributed by atoms with E-state index in [-0.39, 0.29) is 0 Å². The first kappa shape index (κ1) is 19.9. The molecule has 1 aromatic rings. The molecule has 0 aliphatic heterocycles. The van der Waals surface area contributed by atoms with Gasteiger partial charge in [-0.05, 0) is 63.4 Å². The van der Waals surface area contributed by atoms with Crippen molar-refractivity contribution in [2.45, 2.75) is 84.5 Å². The molecule has 1 fully saturated rings. The Bertz CT molecular complexity index is 567. The lowest BCUT2D eigenvalue weighted by Crippen LogP contribution is -2.25. The lowest BCUT2D eigenvalue weighted by atomic mass is 10.00. The van der Waals surface area contributed by atoms with E-state index >= 15 is 0 Å². The van der Waals surface area contributed by atoms with Crippen molar-refractivity contribution in [3.8, 4) is 0 Å². The van der Waals surface area contributed by atoms with Crippen LogP contribution < -0.4 is 10.7 Å². The number of benzene rings is 1. The van der Waals surface area contributed by atoms with Crippen molar-refractivity contribution in [1.29, 1.82) is 0 Å². The Morgan fingerprint density at radius 3 is 2.00 bits per heavy atom. The average Bonchev–Trinajstić information content (AvgIpc) is 2.57. The number of thiocarbonyl (C=S) groups is 1. The Hall–Kier alpha value is -1.42. The van der Waals surface area contributed by atoms with Crippen molar-refractivity contribution in [3.63, 3.8) is 0 Å². The van der Waals surface area contributed by atoms with Gasteiger partial charge in [0.05, 0.1) is 0 Å². The minimum atomic E-state index is 0.575. The average molecular weight is 360 g/mol. The van der Waals surface area contributed by atoms with Crippen LogP contribution in [-0.2, 0) is 0 Å². The lowest BCUT2D eigenvalue weighted by Gasteiger charge is -2.13. The number of hydrogen-bond acceptors (Lipinski definition) is 2. The van der Waals surface area contributed by atoms with E-state index in [1.54, 1.807) is 0 Å². The predicted octanol–water partition coefficient (Wildman–Crippen LogP) is 6.25. The molecule has 25 heavy (non-hydrogen) atoms. The fourth-order valence-electron chi connectivity index (χ4n) is 3.37. The first-order valence-corrected chi connectivity index (χ1v) is 10.3. The van der Waals surface area contributed by atoms with Gasteiger partial charge >= 0.3 is 0 Å². The van der Waals surface area contributed by atoms with Crippen molar-refractivity contribution >= 4 is 28.7 Å². The molecule has 1 aromatic carbocycles. The Morgan fingerprint density at radius 1 is 0.880 bits per heavy atom. The highest BCUT2D eigenvalue weighted by Gasteiger charge is 2.05. The molecule has 1 saturated carbocycles. The second-order valence-corrected chi connectivity index (χ2v) is 7.65. The van der Waals surface area contributed by atoms with Crippen molar-refractivity contribution in [2.75, 3.05) is 5.32 Å². The highest BCUT2D eigenvalue weighted by Crippen LogP contribution is 2.17. The molecule has 1 aliphatic carbocycles. The molecule has 3 nitrogen and oxygen atoms in total. The molecular weight excluding hydrogens is 326 g/mol. The quantitative estimate of drug-likeness (QED) is 0.484. The van der Waals surface area contributed by atoms with Gasteiger partial charge in [-0.3, -0.25) is 5.43 Å². The van der Waals surface area contributed by atoms with Gasteiger partial charge in [0.25, 0.3) is 0 Å². The van der Waals surface area contributed by atoms with E-state index in [0.717, 1.165) is 18.5 Å². The molecule has 4 heteroatoms. The molecule has 0 heterocycles. The third-order valence-corrected chi connectivity index (χ3v) is 5.07. The normalized spacial score (nSPS) is 17.1. The zero-order valence-electron chi connectivity index (χ0n) is 15.9. The van der Waals surface area contributed by atoms with Crippen LogP contribution in [0, 0.1) is 13.8 Å². The number of anilines is 1. The summed E-state index contributed by atoms with van der Waals surface area (Å²) >= 11 is 5.42. The first-order chi connectivity index (χ1) is 12.1. The molecular formula is C21H33N3S. The Kier molecular flexibility index (Phi) is 8.95. The summed E-state index contributed by atoms with van der Waals surface area (Å²) in [6.45, 7) is 4.19. The number of rotatable bonds is 2. The number of nitrogens with one attached hydrogen (secondary N) is 2. The van der Waals surface area contributed by atoms with E-state index in [1.165, 1.54) is 74.6 Å². The third-order valence-electron chi connectivity index (χ3n) is 4.88. The summed E-state index contributed by atoms with van der Waals surface area (Å²) in [5.41, 5.74) is 7.83. The van der Waals surface area contributed by atoms with E-state index < -0.39 is 0 Å². The van der Waals surface area contributed by atoms with Gasteiger partial charge in [0.2, 0.25) is 0 Å². The van der Waals surface area contributed by atoms with Gasteiger partial charge in [0.1, 0.15) is 0 Å². The monoisotopic (exact) mass is 359 g/mol. The van der Waals surface area contributed by atoms with Crippen LogP contribution in [0.5, 0.6) is 0 Å². The van der Waals surface area contributed by atoms with Crippen LogP contribution in [0.4, 0.5) is 5.69 Å². The maximum atomic E-state index is 5.42. The third kappa shape index (κ3) is 8.00. The molecule has 0 atom stereocenters. The van der Waals surface area contributed by atoms with E-state index in [2.05, 4.69) is 47.9 Å². The van der Waals surface area contributed by atoms with Crippen molar-refractivity contribution in [3.05, 3.63) is 29.3 Å². The smallest absolute Gasteiger partial charge is 0.191 e. The summed E-state index contributed by atoms with van der Waals surface area (Å²) < 4.78 is 0. The van der Waals surface area contributed by atoms with E-state index in [9.17, 15) is 0 Å². The van der Waals surface area contributed by atoms with E-state index in [0.29, 0.717) is 5.11 Å². The SMILES string of the molecule is Cc1ccc(NC(=S)NN=C2CCCCCCCCCCC2)c(C)c1. The van der Waals surface area contributed by atoms with E-state index in [1.807, 2.05) is 0 Å². The molecule has 0 unspecified atom stereocenters. The largest absolute Gasteiger partial charge is 0.331 e. The number of nitrogens with zero attached hydrogens (tertiary/aromatic N) is 1. The zero-order chi connectivity index (χ0) is 17.9. The summed E-state index contributed by atoms with van der Waals surface area (Å²) in [6, 6.07) is 6.32. The van der Waals surface area contributed by atoms with Gasteiger partial charge in [-0.15, -0.1) is 0 Å². The Labute approximate surface area is 158 Å². The summed E-state index contributed by atoms with van der Waals surface area (Å²) in [6.07, 6.45) is 14.3. The molecule has 1 aliphatic rings. The minimum Gasteiger partial charge on any atom is -0.331 e. The number of hydrogen-bond donors (Lipinski definition) is 2. The van der Waals surface area contributed by atoms with Gasteiger partial charge in [-0.25, -0.2) is 0 Å². The van der Waals surface area contributed by atoms with Gasteiger partial charge in [-0.1, -0.05) is 62.6 Å². The van der Waals surface area contributed by atoms with Crippen LogP contribution in [0.25, 0.3) is 0 Å². The van der Waals surface area contributed by atoms with Crippen LogP contribution in [-0.4, -0.2) is 10.8 Å². The van der Waals surface area contributed by atoms with Crippen LogP contribution in [0.1, 0.15) is 81.8 Å². The van der Waals surface area contributed by atoms with Crippen molar-refractivity contribution in [1.82, 2.24) is 5.43 Å². The predicted molar refractivity (Wildman–Crippen MR) is 113 cm³/mol. The number of hydrazone groups is 1. The summed E-state index contributed by atoms with van der Waals surface area (Å²) in [5, 5.41) is 8.45. The minimum absolute atomic E-state index is 0.575. The van der Waals surface area contributed by atoms with Crippen LogP contribution >= 0.6 is 12.2 Å². The molecule has 0 spiro atoms. The molecule has 2 N–H and O–H groups in total. The fourth-order valence-corrected chi connectivity index (χ4v) is 3.52. The second-order valence-electron chi connectivity index (χ2n) is 7.24. The Morgan fingerprint density at radius 2 is 1.44 bits per heavy atom. The zero-order valence-corrected chi connectivity index (χ0v) is 16.7. The van der Waals surface area contributed by atoms with Crippen LogP contribution in [0.2, 0.25) is 0 Å². The van der Waals surface area contributed by atoms with Crippen LogP contribution in [0.3, 0.4) is 0 Å².